The standard InChI is InChI=1S/C49H52ClN5O5/c50-23-20-42(33-4-2-1-3-5-33)47(35-9-16-41(57)17-10-35)34-6-11-37(12-7-34)52-24-21-32(22-25-52)27-53-29-40-15-14-39(53)30-54(40)38-13-8-36-28-55(44-18-19-46(59)51-49(44)60)48(43(36)26-38)45(58)31-56/h1-13,16-17,26,31-32,39-40,44,48,57H,14-15,18-25,27-30H2,(H,51,59,60). The molecule has 5 saturated heterocycles. The Bertz CT molecular complexity index is 2270. The number of hydrogen-bond donors (Lipinski definition) is 2. The van der Waals surface area contributed by atoms with Gasteiger partial charge in [0.25, 0.3) is 0 Å². The van der Waals surface area contributed by atoms with Gasteiger partial charge in [-0.1, -0.05) is 60.7 Å². The summed E-state index contributed by atoms with van der Waals surface area (Å²) >= 11 is 6.38. The van der Waals surface area contributed by atoms with Crippen molar-refractivity contribution < 1.29 is 24.3 Å². The van der Waals surface area contributed by atoms with Crippen molar-refractivity contribution in [3.63, 3.8) is 0 Å². The lowest BCUT2D eigenvalue weighted by atomic mass is 9.87. The van der Waals surface area contributed by atoms with Gasteiger partial charge in [-0.25, -0.2) is 0 Å². The number of piperazine rings is 1. The van der Waals surface area contributed by atoms with Gasteiger partial charge in [0.05, 0.1) is 6.04 Å². The fraction of sp³-hybridized carbons (Fsp3) is 0.388. The van der Waals surface area contributed by atoms with E-state index >= 15 is 0 Å². The minimum absolute atomic E-state index is 0.214. The van der Waals surface area contributed by atoms with Crippen LogP contribution < -0.4 is 15.1 Å². The first kappa shape index (κ1) is 40.1. The molecule has 4 aromatic rings. The van der Waals surface area contributed by atoms with E-state index in [0.717, 1.165) is 97.5 Å². The van der Waals surface area contributed by atoms with Crippen LogP contribution in [0.4, 0.5) is 11.4 Å². The molecule has 2 bridgehead atoms. The summed E-state index contributed by atoms with van der Waals surface area (Å²) in [6.45, 7) is 5.47. The van der Waals surface area contributed by atoms with Crippen LogP contribution in [0.3, 0.4) is 0 Å². The number of amides is 2. The van der Waals surface area contributed by atoms with E-state index in [9.17, 15) is 24.3 Å². The fourth-order valence-corrected chi connectivity index (χ4v) is 10.8. The number of fused-ring (bicyclic) bond motifs is 4. The van der Waals surface area contributed by atoms with E-state index in [1.807, 2.05) is 18.2 Å². The Morgan fingerprint density at radius 1 is 0.800 bits per heavy atom. The van der Waals surface area contributed by atoms with Crippen molar-refractivity contribution in [1.29, 1.82) is 0 Å². The minimum atomic E-state index is -0.822. The number of piperidine rings is 4. The number of Topliss-reactive ketones (excluding diaryl/α,β-unsaturated/α-hetero) is 1. The van der Waals surface area contributed by atoms with Gasteiger partial charge in [0.15, 0.2) is 6.29 Å². The number of aldehydes is 1. The molecule has 0 radical (unpaired) electrons. The third-order valence-electron chi connectivity index (χ3n) is 13.6. The predicted molar refractivity (Wildman–Crippen MR) is 235 cm³/mol. The Morgan fingerprint density at radius 2 is 1.50 bits per heavy atom. The molecule has 0 spiro atoms. The second-order valence-corrected chi connectivity index (χ2v) is 17.5. The van der Waals surface area contributed by atoms with Crippen molar-refractivity contribution in [2.24, 2.45) is 5.92 Å². The van der Waals surface area contributed by atoms with Gasteiger partial charge in [0.1, 0.15) is 11.8 Å². The summed E-state index contributed by atoms with van der Waals surface area (Å²) in [4.78, 5) is 59.1. The third kappa shape index (κ3) is 8.00. The summed E-state index contributed by atoms with van der Waals surface area (Å²) < 4.78 is 0. The number of ketones is 1. The van der Waals surface area contributed by atoms with E-state index in [4.69, 9.17) is 11.6 Å². The highest BCUT2D eigenvalue weighted by atomic mass is 35.5. The minimum Gasteiger partial charge on any atom is -0.508 e. The van der Waals surface area contributed by atoms with Crippen LogP contribution in [-0.2, 0) is 25.7 Å². The molecule has 10 rings (SSSR count). The number of aromatic hydroxyl groups is 1. The van der Waals surface area contributed by atoms with E-state index in [1.54, 1.807) is 17.0 Å². The maximum atomic E-state index is 13.1. The number of nitrogens with zero attached hydrogens (tertiary/aromatic N) is 4. The smallest absolute Gasteiger partial charge is 0.243 e. The molecular formula is C49H52ClN5O5. The van der Waals surface area contributed by atoms with Crippen LogP contribution in [0, 0.1) is 5.92 Å². The van der Waals surface area contributed by atoms with Gasteiger partial charge in [0, 0.05) is 75.0 Å². The average Bonchev–Trinajstić information content (AvgIpc) is 3.66. The molecule has 4 aromatic carbocycles. The largest absolute Gasteiger partial charge is 0.508 e. The highest BCUT2D eigenvalue weighted by molar-refractivity contribution is 6.27. The van der Waals surface area contributed by atoms with Crippen molar-refractivity contribution in [1.82, 2.24) is 15.1 Å². The van der Waals surface area contributed by atoms with E-state index in [1.165, 1.54) is 17.7 Å². The van der Waals surface area contributed by atoms with Crippen LogP contribution in [0.1, 0.15) is 78.8 Å². The molecule has 2 amide bonds. The number of phenolic OH excluding ortho intramolecular Hbond substituents is 1. The summed E-state index contributed by atoms with van der Waals surface area (Å²) in [6.07, 6.45) is 6.22. The Labute approximate surface area is 356 Å². The van der Waals surface area contributed by atoms with E-state index in [-0.39, 0.29) is 18.1 Å². The molecule has 5 fully saturated rings. The second-order valence-electron chi connectivity index (χ2n) is 17.1. The topological polar surface area (TPSA) is 114 Å². The Kier molecular flexibility index (Phi) is 11.6. The number of halogens is 1. The van der Waals surface area contributed by atoms with Crippen molar-refractivity contribution in [2.75, 3.05) is 48.4 Å². The molecule has 6 aliphatic rings. The van der Waals surface area contributed by atoms with E-state index in [0.29, 0.717) is 43.1 Å². The number of hydrogen-bond acceptors (Lipinski definition) is 9. The number of carbonyl (C=O) groups is 4. The zero-order valence-electron chi connectivity index (χ0n) is 33.8. The molecule has 4 atom stereocenters. The van der Waals surface area contributed by atoms with Crippen LogP contribution in [0.25, 0.3) is 11.1 Å². The molecule has 0 aromatic heterocycles. The molecule has 0 aliphatic carbocycles. The van der Waals surface area contributed by atoms with Gasteiger partial charge in [-0.2, -0.15) is 0 Å². The van der Waals surface area contributed by atoms with E-state index < -0.39 is 23.8 Å². The monoisotopic (exact) mass is 825 g/mol. The number of carbonyl (C=O) groups excluding carboxylic acids is 4. The van der Waals surface area contributed by atoms with Crippen LogP contribution >= 0.6 is 11.6 Å². The number of imide groups is 1. The van der Waals surface area contributed by atoms with Crippen LogP contribution in [0.5, 0.6) is 5.75 Å². The number of anilines is 2. The lowest BCUT2D eigenvalue weighted by molar-refractivity contribution is -0.141. The Balaban J connectivity index is 0.841. The summed E-state index contributed by atoms with van der Waals surface area (Å²) in [5.41, 5.74) is 9.68. The summed E-state index contributed by atoms with van der Waals surface area (Å²) in [5, 5.41) is 12.5. The summed E-state index contributed by atoms with van der Waals surface area (Å²) in [6, 6.07) is 32.5. The molecule has 10 nitrogen and oxygen atoms in total. The van der Waals surface area contributed by atoms with Crippen LogP contribution in [0.2, 0.25) is 0 Å². The SMILES string of the molecule is O=CC(=O)C1c2cc(N3CC4CCC3CN4CC3CCN(c4ccc(C(=C(CCCl)c5ccccc5)c5ccc(O)cc5)cc4)CC3)ccc2CN1C1CCC(=O)NC1=O. The van der Waals surface area contributed by atoms with Gasteiger partial charge in [-0.05, 0) is 120 Å². The number of rotatable bonds is 12. The van der Waals surface area contributed by atoms with Crippen molar-refractivity contribution in [3.8, 4) is 5.75 Å². The molecule has 310 valence electrons. The second kappa shape index (κ2) is 17.4. The van der Waals surface area contributed by atoms with Crippen molar-refractivity contribution >= 4 is 58.0 Å². The number of phenols is 1. The number of nitrogens with one attached hydrogen (secondary N) is 1. The first-order chi connectivity index (χ1) is 29.3. The number of allylic oxidation sites excluding steroid dienone is 1. The maximum absolute atomic E-state index is 13.1. The molecular weight excluding hydrogens is 774 g/mol. The van der Waals surface area contributed by atoms with Gasteiger partial charge in [0.2, 0.25) is 17.6 Å². The van der Waals surface area contributed by atoms with Crippen LogP contribution in [0.15, 0.2) is 97.1 Å². The molecule has 0 saturated carbocycles. The molecule has 11 heteroatoms. The molecule has 6 heterocycles. The molecule has 4 unspecified atom stereocenters. The zero-order chi connectivity index (χ0) is 41.3. The summed E-state index contributed by atoms with van der Waals surface area (Å²) in [7, 11) is 0. The van der Waals surface area contributed by atoms with Crippen molar-refractivity contribution in [3.05, 3.63) is 125 Å². The lowest BCUT2D eigenvalue weighted by Gasteiger charge is -2.53. The third-order valence-corrected chi connectivity index (χ3v) is 13.8. The maximum Gasteiger partial charge on any atom is 0.243 e. The highest BCUT2D eigenvalue weighted by Crippen LogP contribution is 2.42. The number of benzene rings is 4. The lowest BCUT2D eigenvalue weighted by Crippen LogP contribution is -2.63. The Hall–Kier alpha value is -5.29. The van der Waals surface area contributed by atoms with Gasteiger partial charge in [-0.3, -0.25) is 34.3 Å². The number of alkyl halides is 1. The summed E-state index contributed by atoms with van der Waals surface area (Å²) in [5.74, 6) is 0.122. The molecule has 2 N–H and O–H groups in total. The van der Waals surface area contributed by atoms with Crippen molar-refractivity contribution in [2.45, 2.75) is 75.7 Å². The first-order valence-corrected chi connectivity index (χ1v) is 22.0. The van der Waals surface area contributed by atoms with Gasteiger partial charge >= 0.3 is 0 Å². The normalized spacial score (nSPS) is 23.9. The quantitative estimate of drug-likeness (QED) is 0.0514. The predicted octanol–water partition coefficient (Wildman–Crippen LogP) is 6.98. The van der Waals surface area contributed by atoms with E-state index in [2.05, 4.69) is 86.7 Å². The van der Waals surface area contributed by atoms with Gasteiger partial charge < -0.3 is 14.9 Å². The fourth-order valence-electron chi connectivity index (χ4n) is 10.6. The molecule has 6 aliphatic heterocycles. The Morgan fingerprint density at radius 3 is 2.17 bits per heavy atom. The average molecular weight is 826 g/mol. The highest BCUT2D eigenvalue weighted by Gasteiger charge is 2.45. The van der Waals surface area contributed by atoms with Crippen LogP contribution in [-0.4, -0.2) is 95.5 Å². The first-order valence-electron chi connectivity index (χ1n) is 21.5. The molecule has 60 heavy (non-hydrogen) atoms. The van der Waals surface area contributed by atoms with Gasteiger partial charge in [-0.15, -0.1) is 11.6 Å². The zero-order valence-corrected chi connectivity index (χ0v) is 34.6.